The molecule has 0 radical (unpaired) electrons. The first-order valence-electron chi connectivity index (χ1n) is 6.02. The Labute approximate surface area is 100 Å². The quantitative estimate of drug-likeness (QED) is 0.697. The standard InChI is InChI=1S/C12H26N2S/c1-13(2)8-9-14(3)10-12(11-15)6-4-5-7-12/h15H,4-11H2,1-3H3. The van der Waals surface area contributed by atoms with Gasteiger partial charge in [0.15, 0.2) is 0 Å². The first kappa shape index (κ1) is 13.3. The van der Waals surface area contributed by atoms with E-state index in [0.717, 1.165) is 12.3 Å². The molecule has 1 fully saturated rings. The molecule has 3 heteroatoms. The van der Waals surface area contributed by atoms with E-state index in [1.807, 2.05) is 0 Å². The van der Waals surface area contributed by atoms with E-state index in [1.54, 1.807) is 0 Å². The molecule has 0 atom stereocenters. The van der Waals surface area contributed by atoms with Crippen molar-refractivity contribution in [3.63, 3.8) is 0 Å². The minimum atomic E-state index is 0.518. The van der Waals surface area contributed by atoms with Crippen LogP contribution in [0.4, 0.5) is 0 Å². The molecular formula is C12H26N2S. The second kappa shape index (κ2) is 6.12. The Hall–Kier alpha value is 0.270. The van der Waals surface area contributed by atoms with Crippen molar-refractivity contribution in [3.05, 3.63) is 0 Å². The van der Waals surface area contributed by atoms with Gasteiger partial charge in [0.1, 0.15) is 0 Å². The molecule has 2 nitrogen and oxygen atoms in total. The first-order valence-corrected chi connectivity index (χ1v) is 6.65. The van der Waals surface area contributed by atoms with Crippen LogP contribution in [-0.4, -0.2) is 56.3 Å². The largest absolute Gasteiger partial charge is 0.308 e. The van der Waals surface area contributed by atoms with Crippen molar-refractivity contribution in [1.82, 2.24) is 9.80 Å². The summed E-state index contributed by atoms with van der Waals surface area (Å²) in [6, 6.07) is 0. The lowest BCUT2D eigenvalue weighted by atomic mass is 9.88. The summed E-state index contributed by atoms with van der Waals surface area (Å²) < 4.78 is 0. The van der Waals surface area contributed by atoms with Gasteiger partial charge in [0, 0.05) is 19.6 Å². The van der Waals surface area contributed by atoms with E-state index in [9.17, 15) is 0 Å². The smallest absolute Gasteiger partial charge is 0.0106 e. The number of nitrogens with zero attached hydrogens (tertiary/aromatic N) is 2. The molecule has 0 aliphatic heterocycles. The Morgan fingerprint density at radius 1 is 1.07 bits per heavy atom. The van der Waals surface area contributed by atoms with E-state index in [4.69, 9.17) is 0 Å². The van der Waals surface area contributed by atoms with Crippen LogP contribution in [0.5, 0.6) is 0 Å². The highest BCUT2D eigenvalue weighted by Crippen LogP contribution is 2.39. The van der Waals surface area contributed by atoms with E-state index < -0.39 is 0 Å². The van der Waals surface area contributed by atoms with Crippen LogP contribution in [0, 0.1) is 5.41 Å². The molecule has 0 spiro atoms. The minimum Gasteiger partial charge on any atom is -0.308 e. The SMILES string of the molecule is CN(C)CCN(C)CC1(CS)CCCC1. The zero-order chi connectivity index (χ0) is 11.3. The summed E-state index contributed by atoms with van der Waals surface area (Å²) in [6.07, 6.45) is 5.57. The van der Waals surface area contributed by atoms with E-state index in [-0.39, 0.29) is 0 Å². The maximum absolute atomic E-state index is 4.55. The third-order valence-electron chi connectivity index (χ3n) is 3.53. The summed E-state index contributed by atoms with van der Waals surface area (Å²) >= 11 is 4.55. The van der Waals surface area contributed by atoms with Crippen LogP contribution in [0.3, 0.4) is 0 Å². The molecule has 0 unspecified atom stereocenters. The summed E-state index contributed by atoms with van der Waals surface area (Å²) in [5, 5.41) is 0. The molecule has 90 valence electrons. The lowest BCUT2D eigenvalue weighted by Crippen LogP contribution is -2.38. The molecule has 0 aromatic heterocycles. The molecular weight excluding hydrogens is 204 g/mol. The van der Waals surface area contributed by atoms with Crippen molar-refractivity contribution < 1.29 is 0 Å². The number of thiol groups is 1. The monoisotopic (exact) mass is 230 g/mol. The number of hydrogen-bond acceptors (Lipinski definition) is 3. The van der Waals surface area contributed by atoms with Crippen molar-refractivity contribution in [3.8, 4) is 0 Å². The van der Waals surface area contributed by atoms with Crippen molar-refractivity contribution in [2.45, 2.75) is 25.7 Å². The fourth-order valence-corrected chi connectivity index (χ4v) is 2.93. The Kier molecular flexibility index (Phi) is 5.44. The Balaban J connectivity index is 2.31. The van der Waals surface area contributed by atoms with Gasteiger partial charge in [-0.2, -0.15) is 12.6 Å². The van der Waals surface area contributed by atoms with Gasteiger partial charge in [0.05, 0.1) is 0 Å². The van der Waals surface area contributed by atoms with Gasteiger partial charge in [-0.3, -0.25) is 0 Å². The zero-order valence-corrected chi connectivity index (χ0v) is 11.4. The molecule has 0 N–H and O–H groups in total. The van der Waals surface area contributed by atoms with Gasteiger partial charge in [-0.1, -0.05) is 12.8 Å². The highest BCUT2D eigenvalue weighted by atomic mass is 32.1. The third-order valence-corrected chi connectivity index (χ3v) is 4.20. The summed E-state index contributed by atoms with van der Waals surface area (Å²) in [7, 11) is 6.52. The third kappa shape index (κ3) is 4.33. The summed E-state index contributed by atoms with van der Waals surface area (Å²) in [5.74, 6) is 1.05. The van der Waals surface area contributed by atoms with Crippen LogP contribution in [-0.2, 0) is 0 Å². The summed E-state index contributed by atoms with van der Waals surface area (Å²) in [5.41, 5.74) is 0.518. The molecule has 0 saturated heterocycles. The van der Waals surface area contributed by atoms with Crippen molar-refractivity contribution in [1.29, 1.82) is 0 Å². The van der Waals surface area contributed by atoms with Crippen molar-refractivity contribution in [2.75, 3.05) is 46.5 Å². The molecule has 1 aliphatic rings. The Morgan fingerprint density at radius 3 is 2.13 bits per heavy atom. The molecule has 0 amide bonds. The topological polar surface area (TPSA) is 6.48 Å². The van der Waals surface area contributed by atoms with Crippen LogP contribution in [0.25, 0.3) is 0 Å². The van der Waals surface area contributed by atoms with Crippen LogP contribution in [0.15, 0.2) is 0 Å². The lowest BCUT2D eigenvalue weighted by Gasteiger charge is -2.32. The van der Waals surface area contributed by atoms with Crippen LogP contribution >= 0.6 is 12.6 Å². The highest BCUT2D eigenvalue weighted by molar-refractivity contribution is 7.80. The second-order valence-corrected chi connectivity index (χ2v) is 5.72. The Morgan fingerprint density at radius 2 is 1.67 bits per heavy atom. The predicted octanol–water partition coefficient (Wildman–Crippen LogP) is 1.97. The molecule has 0 bridgehead atoms. The maximum atomic E-state index is 4.55. The van der Waals surface area contributed by atoms with Crippen LogP contribution in [0.1, 0.15) is 25.7 Å². The molecule has 0 heterocycles. The molecule has 1 rings (SSSR count). The fraction of sp³-hybridized carbons (Fsp3) is 1.00. The Bertz CT molecular complexity index is 176. The number of hydrogen-bond donors (Lipinski definition) is 1. The van der Waals surface area contributed by atoms with E-state index in [1.165, 1.54) is 38.8 Å². The fourth-order valence-electron chi connectivity index (χ4n) is 2.51. The maximum Gasteiger partial charge on any atom is 0.0106 e. The predicted molar refractivity (Wildman–Crippen MR) is 70.8 cm³/mol. The van der Waals surface area contributed by atoms with Gasteiger partial charge in [0.25, 0.3) is 0 Å². The van der Waals surface area contributed by atoms with Crippen molar-refractivity contribution >= 4 is 12.6 Å². The summed E-state index contributed by atoms with van der Waals surface area (Å²) in [6.45, 7) is 3.55. The van der Waals surface area contributed by atoms with E-state index in [2.05, 4.69) is 43.6 Å². The van der Waals surface area contributed by atoms with Gasteiger partial charge in [0.2, 0.25) is 0 Å². The summed E-state index contributed by atoms with van der Waals surface area (Å²) in [4.78, 5) is 4.72. The zero-order valence-electron chi connectivity index (χ0n) is 10.5. The number of likely N-dealkylation sites (N-methyl/N-ethyl adjacent to an activating group) is 2. The van der Waals surface area contributed by atoms with Gasteiger partial charge in [-0.25, -0.2) is 0 Å². The van der Waals surface area contributed by atoms with Gasteiger partial charge in [-0.05, 0) is 45.2 Å². The van der Waals surface area contributed by atoms with Gasteiger partial charge in [-0.15, -0.1) is 0 Å². The highest BCUT2D eigenvalue weighted by Gasteiger charge is 2.33. The molecule has 0 aromatic rings. The lowest BCUT2D eigenvalue weighted by molar-refractivity contribution is 0.188. The average Bonchev–Trinajstić information content (AvgIpc) is 2.64. The average molecular weight is 230 g/mol. The molecule has 15 heavy (non-hydrogen) atoms. The van der Waals surface area contributed by atoms with Crippen molar-refractivity contribution in [2.24, 2.45) is 5.41 Å². The van der Waals surface area contributed by atoms with Gasteiger partial charge < -0.3 is 9.80 Å². The van der Waals surface area contributed by atoms with E-state index in [0.29, 0.717) is 5.41 Å². The second-order valence-electron chi connectivity index (χ2n) is 5.41. The molecule has 1 saturated carbocycles. The minimum absolute atomic E-state index is 0.518. The van der Waals surface area contributed by atoms with Crippen LogP contribution in [0.2, 0.25) is 0 Å². The molecule has 0 aromatic carbocycles. The van der Waals surface area contributed by atoms with Gasteiger partial charge >= 0.3 is 0 Å². The van der Waals surface area contributed by atoms with E-state index >= 15 is 0 Å². The molecule has 1 aliphatic carbocycles. The van der Waals surface area contributed by atoms with Crippen LogP contribution < -0.4 is 0 Å². The number of rotatable bonds is 6. The first-order chi connectivity index (χ1) is 7.08. The normalized spacial score (nSPS) is 20.4.